The molecule has 0 aromatic heterocycles. The van der Waals surface area contributed by atoms with Crippen molar-refractivity contribution in [3.8, 4) is 0 Å². The summed E-state index contributed by atoms with van der Waals surface area (Å²) >= 11 is 7.25. The highest BCUT2D eigenvalue weighted by Gasteiger charge is 2.15. The third-order valence-corrected chi connectivity index (χ3v) is 3.87. The number of nitrogens with one attached hydrogen (secondary N) is 1. The Bertz CT molecular complexity index is 451. The number of hydrogen-bond acceptors (Lipinski definition) is 3. The monoisotopic (exact) mass is 314 g/mol. The quantitative estimate of drug-likeness (QED) is 0.786. The van der Waals surface area contributed by atoms with Crippen molar-refractivity contribution in [1.29, 1.82) is 0 Å². The van der Waals surface area contributed by atoms with Crippen LogP contribution in [0.1, 0.15) is 13.8 Å². The number of amides is 2. The lowest BCUT2D eigenvalue weighted by Crippen LogP contribution is -2.41. The van der Waals surface area contributed by atoms with E-state index >= 15 is 0 Å². The SMILES string of the molecule is CCNC(=O)CN(CC)C(=O)CSc1ccc(Cl)cc1. The summed E-state index contributed by atoms with van der Waals surface area (Å²) in [5.41, 5.74) is 0. The lowest BCUT2D eigenvalue weighted by Gasteiger charge is -2.20. The number of thioether (sulfide) groups is 1. The van der Waals surface area contributed by atoms with Gasteiger partial charge in [0.1, 0.15) is 0 Å². The molecule has 0 saturated heterocycles. The number of likely N-dealkylation sites (N-methyl/N-ethyl adjacent to an activating group) is 2. The van der Waals surface area contributed by atoms with Crippen LogP contribution < -0.4 is 5.32 Å². The molecule has 0 aliphatic heterocycles. The van der Waals surface area contributed by atoms with Gasteiger partial charge in [0.25, 0.3) is 0 Å². The molecule has 0 heterocycles. The zero-order valence-corrected chi connectivity index (χ0v) is 13.3. The molecule has 0 aliphatic carbocycles. The number of benzene rings is 1. The van der Waals surface area contributed by atoms with Crippen LogP contribution in [0.25, 0.3) is 0 Å². The number of halogens is 1. The number of nitrogens with zero attached hydrogens (tertiary/aromatic N) is 1. The Labute approximate surface area is 128 Å². The number of hydrogen-bond donors (Lipinski definition) is 1. The van der Waals surface area contributed by atoms with Crippen molar-refractivity contribution < 1.29 is 9.59 Å². The van der Waals surface area contributed by atoms with Gasteiger partial charge in [-0.15, -0.1) is 11.8 Å². The van der Waals surface area contributed by atoms with Crippen molar-refractivity contribution in [3.63, 3.8) is 0 Å². The number of rotatable bonds is 7. The maximum atomic E-state index is 12.1. The van der Waals surface area contributed by atoms with Gasteiger partial charge in [-0.2, -0.15) is 0 Å². The second kappa shape index (κ2) is 8.87. The molecule has 0 spiro atoms. The van der Waals surface area contributed by atoms with Crippen molar-refractivity contribution in [3.05, 3.63) is 29.3 Å². The lowest BCUT2D eigenvalue weighted by molar-refractivity contribution is -0.133. The summed E-state index contributed by atoms with van der Waals surface area (Å²) in [5.74, 6) is 0.146. The largest absolute Gasteiger partial charge is 0.355 e. The topological polar surface area (TPSA) is 49.4 Å². The summed E-state index contributed by atoms with van der Waals surface area (Å²) < 4.78 is 0. The van der Waals surface area contributed by atoms with E-state index < -0.39 is 0 Å². The molecule has 0 aliphatic rings. The molecule has 1 N–H and O–H groups in total. The first-order chi connectivity index (χ1) is 9.56. The van der Waals surface area contributed by atoms with E-state index in [0.29, 0.717) is 23.9 Å². The highest BCUT2D eigenvalue weighted by atomic mass is 35.5. The van der Waals surface area contributed by atoms with E-state index in [9.17, 15) is 9.59 Å². The second-order valence-corrected chi connectivity index (χ2v) is 5.59. The van der Waals surface area contributed by atoms with Gasteiger partial charge in [0.2, 0.25) is 11.8 Å². The molecule has 1 rings (SSSR count). The fourth-order valence-corrected chi connectivity index (χ4v) is 2.50. The average Bonchev–Trinajstić information content (AvgIpc) is 2.44. The molecule has 0 bridgehead atoms. The van der Waals surface area contributed by atoms with Gasteiger partial charge in [-0.05, 0) is 38.1 Å². The van der Waals surface area contributed by atoms with E-state index in [0.717, 1.165) is 4.90 Å². The Morgan fingerprint density at radius 3 is 2.45 bits per heavy atom. The van der Waals surface area contributed by atoms with Crippen LogP contribution in [0.2, 0.25) is 5.02 Å². The fraction of sp³-hybridized carbons (Fsp3) is 0.429. The maximum Gasteiger partial charge on any atom is 0.239 e. The minimum Gasteiger partial charge on any atom is -0.355 e. The first kappa shape index (κ1) is 16.9. The summed E-state index contributed by atoms with van der Waals surface area (Å²) in [7, 11) is 0. The summed E-state index contributed by atoms with van der Waals surface area (Å²) in [6, 6.07) is 7.34. The van der Waals surface area contributed by atoms with Crippen LogP contribution in [0, 0.1) is 0 Å². The summed E-state index contributed by atoms with van der Waals surface area (Å²) in [6.45, 7) is 4.93. The molecule has 1 aromatic rings. The molecule has 2 amide bonds. The molecule has 0 radical (unpaired) electrons. The smallest absolute Gasteiger partial charge is 0.239 e. The first-order valence-electron chi connectivity index (χ1n) is 6.49. The van der Waals surface area contributed by atoms with E-state index in [1.807, 2.05) is 26.0 Å². The normalized spacial score (nSPS) is 10.2. The standard InChI is InChI=1S/C14H19ClN2O2S/c1-3-16-13(18)9-17(4-2)14(19)10-20-12-7-5-11(15)6-8-12/h5-8H,3-4,9-10H2,1-2H3,(H,16,18). The Morgan fingerprint density at radius 1 is 1.25 bits per heavy atom. The van der Waals surface area contributed by atoms with Gasteiger partial charge >= 0.3 is 0 Å². The zero-order valence-electron chi connectivity index (χ0n) is 11.7. The summed E-state index contributed by atoms with van der Waals surface area (Å²) in [6.07, 6.45) is 0. The first-order valence-corrected chi connectivity index (χ1v) is 7.86. The number of carbonyl (C=O) groups is 2. The third kappa shape index (κ3) is 5.84. The molecular weight excluding hydrogens is 296 g/mol. The number of carbonyl (C=O) groups excluding carboxylic acids is 2. The molecular formula is C14H19ClN2O2S. The van der Waals surface area contributed by atoms with Crippen LogP contribution in [0.4, 0.5) is 0 Å². The molecule has 0 saturated carbocycles. The van der Waals surface area contributed by atoms with Gasteiger partial charge in [-0.3, -0.25) is 9.59 Å². The summed E-state index contributed by atoms with van der Waals surface area (Å²) in [5, 5.41) is 3.36. The lowest BCUT2D eigenvalue weighted by atomic mass is 10.4. The Balaban J connectivity index is 2.46. The third-order valence-electron chi connectivity index (χ3n) is 2.62. The Hall–Kier alpha value is -1.20. The Morgan fingerprint density at radius 2 is 1.90 bits per heavy atom. The van der Waals surface area contributed by atoms with Gasteiger partial charge in [-0.25, -0.2) is 0 Å². The van der Waals surface area contributed by atoms with E-state index in [2.05, 4.69) is 5.32 Å². The van der Waals surface area contributed by atoms with Crippen LogP contribution in [0.3, 0.4) is 0 Å². The van der Waals surface area contributed by atoms with Crippen molar-refractivity contribution in [2.24, 2.45) is 0 Å². The van der Waals surface area contributed by atoms with Crippen LogP contribution in [-0.4, -0.2) is 42.1 Å². The second-order valence-electron chi connectivity index (χ2n) is 4.10. The van der Waals surface area contributed by atoms with Gasteiger partial charge in [0.05, 0.1) is 12.3 Å². The van der Waals surface area contributed by atoms with E-state index in [1.54, 1.807) is 17.0 Å². The van der Waals surface area contributed by atoms with Crippen LogP contribution in [-0.2, 0) is 9.59 Å². The predicted molar refractivity (Wildman–Crippen MR) is 83.1 cm³/mol. The van der Waals surface area contributed by atoms with Crippen LogP contribution in [0.15, 0.2) is 29.2 Å². The zero-order chi connectivity index (χ0) is 15.0. The fourth-order valence-electron chi connectivity index (χ4n) is 1.57. The van der Waals surface area contributed by atoms with Crippen molar-refractivity contribution >= 4 is 35.2 Å². The summed E-state index contributed by atoms with van der Waals surface area (Å²) in [4.78, 5) is 26.1. The molecule has 4 nitrogen and oxygen atoms in total. The van der Waals surface area contributed by atoms with Crippen LogP contribution >= 0.6 is 23.4 Å². The van der Waals surface area contributed by atoms with Gasteiger partial charge in [0, 0.05) is 23.0 Å². The predicted octanol–water partition coefficient (Wildman–Crippen LogP) is 2.42. The average molecular weight is 315 g/mol. The van der Waals surface area contributed by atoms with E-state index in [4.69, 9.17) is 11.6 Å². The highest BCUT2D eigenvalue weighted by molar-refractivity contribution is 8.00. The van der Waals surface area contributed by atoms with Crippen molar-refractivity contribution in [1.82, 2.24) is 10.2 Å². The van der Waals surface area contributed by atoms with Crippen molar-refractivity contribution in [2.75, 3.05) is 25.4 Å². The van der Waals surface area contributed by atoms with E-state index in [1.165, 1.54) is 11.8 Å². The molecule has 20 heavy (non-hydrogen) atoms. The minimum absolute atomic E-state index is 0.0429. The molecule has 110 valence electrons. The minimum atomic E-state index is -0.126. The maximum absolute atomic E-state index is 12.1. The highest BCUT2D eigenvalue weighted by Crippen LogP contribution is 2.20. The molecule has 0 atom stereocenters. The van der Waals surface area contributed by atoms with Crippen molar-refractivity contribution in [2.45, 2.75) is 18.7 Å². The van der Waals surface area contributed by atoms with Gasteiger partial charge < -0.3 is 10.2 Å². The molecule has 0 unspecified atom stereocenters. The van der Waals surface area contributed by atoms with E-state index in [-0.39, 0.29) is 18.4 Å². The molecule has 1 aromatic carbocycles. The van der Waals surface area contributed by atoms with Gasteiger partial charge in [-0.1, -0.05) is 11.6 Å². The Kier molecular flexibility index (Phi) is 7.47. The van der Waals surface area contributed by atoms with Crippen LogP contribution in [0.5, 0.6) is 0 Å². The molecule has 6 heteroatoms. The van der Waals surface area contributed by atoms with Gasteiger partial charge in [0.15, 0.2) is 0 Å². The molecule has 0 fully saturated rings.